The second kappa shape index (κ2) is 7.10. The number of carbonyl (C=O) groups is 1. The van der Waals surface area contributed by atoms with Gasteiger partial charge in [0.2, 0.25) is 5.91 Å². The van der Waals surface area contributed by atoms with E-state index >= 15 is 0 Å². The molecule has 1 amide bonds. The Bertz CT molecular complexity index is 748. The highest BCUT2D eigenvalue weighted by atomic mass is 32.2. The lowest BCUT2D eigenvalue weighted by Crippen LogP contribution is -2.13. The van der Waals surface area contributed by atoms with Crippen LogP contribution >= 0.6 is 23.1 Å². The average molecular weight is 329 g/mol. The summed E-state index contributed by atoms with van der Waals surface area (Å²) in [5, 5.41) is 11.6. The molecule has 3 aromatic rings. The molecule has 0 spiro atoms. The maximum absolute atomic E-state index is 11.9. The monoisotopic (exact) mass is 329 g/mol. The van der Waals surface area contributed by atoms with E-state index in [0.29, 0.717) is 10.7 Å². The summed E-state index contributed by atoms with van der Waals surface area (Å²) < 4.78 is 0.726. The highest BCUT2D eigenvalue weighted by molar-refractivity contribution is 8.01. The molecular weight excluding hydrogens is 318 g/mol. The molecule has 0 saturated heterocycles. The van der Waals surface area contributed by atoms with Gasteiger partial charge in [0.05, 0.1) is 11.9 Å². The average Bonchev–Trinajstić information content (AvgIpc) is 3.04. The van der Waals surface area contributed by atoms with Gasteiger partial charge in [0.1, 0.15) is 5.69 Å². The second-order valence-electron chi connectivity index (χ2n) is 4.17. The van der Waals surface area contributed by atoms with Crippen molar-refractivity contribution in [2.45, 2.75) is 4.34 Å². The molecule has 110 valence electrons. The molecule has 0 bridgehead atoms. The molecule has 2 aromatic heterocycles. The molecule has 0 aliphatic rings. The van der Waals surface area contributed by atoms with Crippen LogP contribution in [0.2, 0.25) is 0 Å². The highest BCUT2D eigenvalue weighted by Gasteiger charge is 2.10. The van der Waals surface area contributed by atoms with Crippen LogP contribution in [0.15, 0.2) is 53.3 Å². The van der Waals surface area contributed by atoms with Crippen LogP contribution in [0.25, 0.3) is 10.7 Å². The fraction of sp³-hybridized carbons (Fsp3) is 0.0714. The molecule has 0 saturated carbocycles. The van der Waals surface area contributed by atoms with E-state index in [0.717, 1.165) is 10.0 Å². The lowest BCUT2D eigenvalue weighted by atomic mass is 10.3. The number of nitrogens with one attached hydrogen (secondary N) is 1. The molecule has 0 unspecified atom stereocenters. The number of hydrogen-bond acceptors (Lipinski definition) is 7. The van der Waals surface area contributed by atoms with Crippen LogP contribution in [0.4, 0.5) is 5.69 Å². The van der Waals surface area contributed by atoms with Gasteiger partial charge in [-0.15, -0.1) is 10.2 Å². The normalized spacial score (nSPS) is 10.4. The maximum atomic E-state index is 11.9. The smallest absolute Gasteiger partial charge is 0.234 e. The van der Waals surface area contributed by atoms with Gasteiger partial charge in [-0.2, -0.15) is 0 Å². The van der Waals surface area contributed by atoms with E-state index in [9.17, 15) is 4.79 Å². The molecule has 0 radical (unpaired) electrons. The summed E-state index contributed by atoms with van der Waals surface area (Å²) in [5.41, 5.74) is 1.46. The van der Waals surface area contributed by atoms with Gasteiger partial charge in [0.15, 0.2) is 9.35 Å². The van der Waals surface area contributed by atoms with Crippen molar-refractivity contribution in [3.63, 3.8) is 0 Å². The van der Waals surface area contributed by atoms with Crippen LogP contribution < -0.4 is 5.32 Å². The van der Waals surface area contributed by atoms with Gasteiger partial charge < -0.3 is 5.32 Å². The molecule has 0 aliphatic heterocycles. The standard InChI is InChI=1S/C14H11N5OS2/c20-12(17-10-4-2-1-3-5-10)9-21-14-19-18-13(22-14)11-8-15-6-7-16-11/h1-8H,9H2,(H,17,20). The molecule has 22 heavy (non-hydrogen) atoms. The van der Waals surface area contributed by atoms with Crippen molar-refractivity contribution < 1.29 is 4.79 Å². The number of nitrogens with zero attached hydrogens (tertiary/aromatic N) is 4. The Morgan fingerprint density at radius 2 is 2.05 bits per heavy atom. The molecule has 6 nitrogen and oxygen atoms in total. The number of rotatable bonds is 5. The predicted molar refractivity (Wildman–Crippen MR) is 86.7 cm³/mol. The van der Waals surface area contributed by atoms with Crippen molar-refractivity contribution in [3.8, 4) is 10.7 Å². The zero-order valence-corrected chi connectivity index (χ0v) is 13.0. The van der Waals surface area contributed by atoms with Gasteiger partial charge in [0, 0.05) is 18.1 Å². The van der Waals surface area contributed by atoms with E-state index < -0.39 is 0 Å². The molecule has 0 atom stereocenters. The van der Waals surface area contributed by atoms with E-state index in [2.05, 4.69) is 25.5 Å². The van der Waals surface area contributed by atoms with Crippen LogP contribution in [0.3, 0.4) is 0 Å². The zero-order valence-electron chi connectivity index (χ0n) is 11.3. The molecule has 3 rings (SSSR count). The van der Waals surface area contributed by atoms with Crippen molar-refractivity contribution in [3.05, 3.63) is 48.9 Å². The molecule has 2 heterocycles. The molecule has 0 fully saturated rings. The van der Waals surface area contributed by atoms with E-state index in [1.807, 2.05) is 30.3 Å². The number of hydrogen-bond donors (Lipinski definition) is 1. The summed E-state index contributed by atoms with van der Waals surface area (Å²) in [6.45, 7) is 0. The van der Waals surface area contributed by atoms with Crippen molar-refractivity contribution in [2.75, 3.05) is 11.1 Å². The van der Waals surface area contributed by atoms with Gasteiger partial charge >= 0.3 is 0 Å². The Labute approximate surface area is 135 Å². The molecule has 1 N–H and O–H groups in total. The van der Waals surface area contributed by atoms with E-state index in [1.54, 1.807) is 18.6 Å². The van der Waals surface area contributed by atoms with Crippen molar-refractivity contribution in [1.29, 1.82) is 0 Å². The van der Waals surface area contributed by atoms with Crippen molar-refractivity contribution >= 4 is 34.7 Å². The summed E-state index contributed by atoms with van der Waals surface area (Å²) in [7, 11) is 0. The Balaban J connectivity index is 1.56. The molecule has 1 aromatic carbocycles. The number of para-hydroxylation sites is 1. The Morgan fingerprint density at radius 3 is 2.82 bits per heavy atom. The number of carbonyl (C=O) groups excluding carboxylic acids is 1. The summed E-state index contributed by atoms with van der Waals surface area (Å²) in [5.74, 6) is 0.205. The zero-order chi connectivity index (χ0) is 15.2. The summed E-state index contributed by atoms with van der Waals surface area (Å²) in [6, 6.07) is 9.35. The number of thioether (sulfide) groups is 1. The van der Waals surface area contributed by atoms with Gasteiger partial charge in [-0.1, -0.05) is 41.3 Å². The van der Waals surface area contributed by atoms with Crippen LogP contribution in [0, 0.1) is 0 Å². The third kappa shape index (κ3) is 3.86. The second-order valence-corrected chi connectivity index (χ2v) is 6.37. The number of benzene rings is 1. The minimum atomic E-state index is -0.0764. The largest absolute Gasteiger partial charge is 0.325 e. The van der Waals surface area contributed by atoms with Gasteiger partial charge in [0.25, 0.3) is 0 Å². The van der Waals surface area contributed by atoms with Crippen LogP contribution in [0.1, 0.15) is 0 Å². The fourth-order valence-electron chi connectivity index (χ4n) is 1.63. The minimum Gasteiger partial charge on any atom is -0.325 e. The van der Waals surface area contributed by atoms with Crippen LogP contribution in [-0.2, 0) is 4.79 Å². The third-order valence-electron chi connectivity index (χ3n) is 2.57. The fourth-order valence-corrected chi connectivity index (χ4v) is 3.24. The van der Waals surface area contributed by atoms with E-state index in [4.69, 9.17) is 0 Å². The number of anilines is 1. The Morgan fingerprint density at radius 1 is 1.18 bits per heavy atom. The van der Waals surface area contributed by atoms with Crippen LogP contribution in [0.5, 0.6) is 0 Å². The summed E-state index contributed by atoms with van der Waals surface area (Å²) >= 11 is 2.74. The predicted octanol–water partition coefficient (Wildman–Crippen LogP) is 2.73. The first kappa shape index (κ1) is 14.6. The number of aromatic nitrogens is 4. The van der Waals surface area contributed by atoms with Crippen LogP contribution in [-0.4, -0.2) is 31.8 Å². The topological polar surface area (TPSA) is 80.7 Å². The minimum absolute atomic E-state index is 0.0764. The Kier molecular flexibility index (Phi) is 4.71. The van der Waals surface area contributed by atoms with Gasteiger partial charge in [-0.05, 0) is 12.1 Å². The third-order valence-corrected chi connectivity index (χ3v) is 4.65. The first-order valence-corrected chi connectivity index (χ1v) is 8.19. The summed E-state index contributed by atoms with van der Waals surface area (Å²) in [4.78, 5) is 20.0. The van der Waals surface area contributed by atoms with Gasteiger partial charge in [-0.3, -0.25) is 14.8 Å². The first-order valence-electron chi connectivity index (χ1n) is 6.39. The summed E-state index contributed by atoms with van der Waals surface area (Å²) in [6.07, 6.45) is 4.85. The molecule has 8 heteroatoms. The highest BCUT2D eigenvalue weighted by Crippen LogP contribution is 2.27. The Hall–Kier alpha value is -2.32. The van der Waals surface area contributed by atoms with Crippen molar-refractivity contribution in [1.82, 2.24) is 20.2 Å². The molecule has 0 aliphatic carbocycles. The number of amides is 1. The first-order chi connectivity index (χ1) is 10.8. The van der Waals surface area contributed by atoms with Crippen molar-refractivity contribution in [2.24, 2.45) is 0 Å². The quantitative estimate of drug-likeness (QED) is 0.725. The lowest BCUT2D eigenvalue weighted by molar-refractivity contribution is -0.113. The SMILES string of the molecule is O=C(CSc1nnc(-c2cnccn2)s1)Nc1ccccc1. The maximum Gasteiger partial charge on any atom is 0.234 e. The van der Waals surface area contributed by atoms with Gasteiger partial charge in [-0.25, -0.2) is 0 Å². The lowest BCUT2D eigenvalue weighted by Gasteiger charge is -2.02. The van der Waals surface area contributed by atoms with E-state index in [1.165, 1.54) is 23.1 Å². The van der Waals surface area contributed by atoms with E-state index in [-0.39, 0.29) is 11.7 Å². The molecular formula is C14H11N5OS2.